The van der Waals surface area contributed by atoms with Crippen molar-refractivity contribution in [2.75, 3.05) is 28.3 Å². The van der Waals surface area contributed by atoms with Crippen molar-refractivity contribution in [3.63, 3.8) is 0 Å². The molecule has 0 saturated carbocycles. The van der Waals surface area contributed by atoms with Gasteiger partial charge in [0.05, 0.1) is 25.4 Å². The van der Waals surface area contributed by atoms with Crippen LogP contribution in [-0.4, -0.2) is 84.6 Å². The molecule has 2 aliphatic heterocycles. The van der Waals surface area contributed by atoms with Crippen LogP contribution in [0.2, 0.25) is 0 Å². The third-order valence-electron chi connectivity index (χ3n) is 5.35. The van der Waals surface area contributed by atoms with Crippen LogP contribution in [-0.2, 0) is 33.4 Å². The Morgan fingerprint density at radius 1 is 0.824 bits per heavy atom. The number of carbonyl (C=O) groups excluding carboxylic acids is 6. The molecule has 1 fully saturated rings. The minimum absolute atomic E-state index is 0.110. The number of carbonyl (C=O) groups is 6. The molecule has 0 aromatic carbocycles. The second-order valence-corrected chi connectivity index (χ2v) is 8.61. The molecule has 0 atom stereocenters. The topological polar surface area (TPSA) is 152 Å². The van der Waals surface area contributed by atoms with E-state index in [9.17, 15) is 28.8 Å². The Morgan fingerprint density at radius 3 is 1.53 bits per heavy atom. The van der Waals surface area contributed by atoms with Crippen LogP contribution in [0.1, 0.15) is 34.6 Å². The van der Waals surface area contributed by atoms with Crippen molar-refractivity contribution >= 4 is 35.9 Å². The maximum absolute atomic E-state index is 13.6. The van der Waals surface area contributed by atoms with E-state index in [2.05, 4.69) is 5.43 Å². The van der Waals surface area contributed by atoms with E-state index in [-0.39, 0.29) is 11.4 Å². The summed E-state index contributed by atoms with van der Waals surface area (Å²) in [4.78, 5) is 79.3. The number of hydrogen-bond acceptors (Lipinski definition) is 10. The average molecular weight is 480 g/mol. The van der Waals surface area contributed by atoms with Crippen LogP contribution in [0, 0.1) is 5.41 Å². The Morgan fingerprint density at radius 2 is 1.21 bits per heavy atom. The van der Waals surface area contributed by atoms with Gasteiger partial charge in [-0.25, -0.2) is 24.6 Å². The molecule has 0 bridgehead atoms. The highest BCUT2D eigenvalue weighted by Gasteiger charge is 2.67. The minimum atomic E-state index is -2.60. The lowest BCUT2D eigenvalue weighted by molar-refractivity contribution is -0.158. The number of allylic oxidation sites excluding steroid dienone is 2. The minimum Gasteiger partial charge on any atom is -0.466 e. The fraction of sp³-hybridized carbons (Fsp3) is 0.524. The van der Waals surface area contributed by atoms with Gasteiger partial charge in [0.15, 0.2) is 5.41 Å². The maximum Gasteiger partial charge on any atom is 0.426 e. The number of barbiturate groups is 1. The van der Waals surface area contributed by atoms with Gasteiger partial charge in [0, 0.05) is 25.5 Å². The number of hydrogen-bond donors (Lipinski definition) is 1. The number of ether oxygens (including phenoxy) is 3. The third kappa shape index (κ3) is 3.86. The van der Waals surface area contributed by atoms with Crippen LogP contribution in [0.3, 0.4) is 0 Å². The first-order chi connectivity index (χ1) is 15.6. The van der Waals surface area contributed by atoms with Crippen LogP contribution in [0.4, 0.5) is 9.59 Å². The molecule has 2 rings (SSSR count). The van der Waals surface area contributed by atoms with Gasteiger partial charge in [0.2, 0.25) is 0 Å². The lowest BCUT2D eigenvalue weighted by Gasteiger charge is -2.47. The number of nitrogens with one attached hydrogen (secondary N) is 1. The second kappa shape index (κ2) is 8.80. The molecule has 0 unspecified atom stereocenters. The predicted molar refractivity (Wildman–Crippen MR) is 114 cm³/mol. The number of nitrogens with zero attached hydrogens (tertiary/aromatic N) is 3. The number of urea groups is 1. The van der Waals surface area contributed by atoms with Crippen molar-refractivity contribution in [3.8, 4) is 0 Å². The summed E-state index contributed by atoms with van der Waals surface area (Å²) in [5.74, 6) is -4.59. The zero-order chi connectivity index (χ0) is 26.3. The van der Waals surface area contributed by atoms with Gasteiger partial charge in [-0.2, -0.15) is 0 Å². The number of esters is 2. The SMILES string of the molecule is COC(=O)C1=C(C)N(NC(=O)OC(C)(C)C)C(C)=C(C(=O)OC)C12C(=O)N(C)C(=O)N(C)C2=O. The van der Waals surface area contributed by atoms with Crippen molar-refractivity contribution in [1.29, 1.82) is 0 Å². The van der Waals surface area contributed by atoms with Gasteiger partial charge in [0.1, 0.15) is 5.60 Å². The summed E-state index contributed by atoms with van der Waals surface area (Å²) in [6, 6.07) is -0.960. The third-order valence-corrected chi connectivity index (χ3v) is 5.35. The van der Waals surface area contributed by atoms with Crippen molar-refractivity contribution in [3.05, 3.63) is 22.5 Å². The normalized spacial score (nSPS) is 18.5. The fourth-order valence-corrected chi connectivity index (χ4v) is 3.93. The quantitative estimate of drug-likeness (QED) is 0.347. The summed E-state index contributed by atoms with van der Waals surface area (Å²) < 4.78 is 14.9. The van der Waals surface area contributed by atoms with E-state index < -0.39 is 58.0 Å². The van der Waals surface area contributed by atoms with Gasteiger partial charge in [-0.05, 0) is 34.6 Å². The van der Waals surface area contributed by atoms with Crippen molar-refractivity contribution < 1.29 is 43.0 Å². The second-order valence-electron chi connectivity index (χ2n) is 8.61. The summed E-state index contributed by atoms with van der Waals surface area (Å²) in [5.41, 5.74) is -2.44. The van der Waals surface area contributed by atoms with Crippen LogP contribution in [0.25, 0.3) is 0 Å². The van der Waals surface area contributed by atoms with Gasteiger partial charge < -0.3 is 14.2 Å². The molecule has 0 radical (unpaired) electrons. The number of hydrazine groups is 1. The molecule has 0 aromatic rings. The number of rotatable bonds is 3. The van der Waals surface area contributed by atoms with Gasteiger partial charge >= 0.3 is 24.1 Å². The molecule has 34 heavy (non-hydrogen) atoms. The number of methoxy groups -OCH3 is 2. The Labute approximate surface area is 196 Å². The largest absolute Gasteiger partial charge is 0.466 e. The van der Waals surface area contributed by atoms with Crippen molar-refractivity contribution in [2.24, 2.45) is 5.41 Å². The van der Waals surface area contributed by atoms with E-state index in [4.69, 9.17) is 14.2 Å². The summed E-state index contributed by atoms with van der Waals surface area (Å²) >= 11 is 0. The van der Waals surface area contributed by atoms with Gasteiger partial charge in [-0.1, -0.05) is 0 Å². The van der Waals surface area contributed by atoms with E-state index in [0.717, 1.165) is 33.3 Å². The Hall–Kier alpha value is -3.90. The van der Waals surface area contributed by atoms with E-state index in [1.165, 1.54) is 13.8 Å². The molecule has 0 aliphatic carbocycles. The zero-order valence-corrected chi connectivity index (χ0v) is 20.5. The first-order valence-electron chi connectivity index (χ1n) is 10.1. The molecule has 1 saturated heterocycles. The van der Waals surface area contributed by atoms with Crippen LogP contribution < -0.4 is 5.43 Å². The molecular weight excluding hydrogens is 452 g/mol. The smallest absolute Gasteiger partial charge is 0.426 e. The monoisotopic (exact) mass is 480 g/mol. The van der Waals surface area contributed by atoms with E-state index in [0.29, 0.717) is 9.80 Å². The molecule has 2 heterocycles. The zero-order valence-electron chi connectivity index (χ0n) is 20.5. The molecule has 1 spiro atoms. The van der Waals surface area contributed by atoms with Crippen molar-refractivity contribution in [2.45, 2.75) is 40.2 Å². The standard InChI is InChI=1S/C21H28N4O9/c1-10-12(14(26)32-8)21(16(28)23(6)19(31)24(7)17(21)29)13(15(27)33-9)11(2)25(10)22-18(30)34-20(3,4)5/h1-9H3,(H,22,30). The fourth-order valence-electron chi connectivity index (χ4n) is 3.93. The van der Waals surface area contributed by atoms with E-state index in [1.54, 1.807) is 20.8 Å². The first kappa shape index (κ1) is 26.4. The first-order valence-corrected chi connectivity index (χ1v) is 10.1. The average Bonchev–Trinajstić information content (AvgIpc) is 2.75. The lowest BCUT2D eigenvalue weighted by atomic mass is 9.67. The molecule has 13 nitrogen and oxygen atoms in total. The molecule has 186 valence electrons. The molecular formula is C21H28N4O9. The molecule has 13 heteroatoms. The summed E-state index contributed by atoms with van der Waals surface area (Å²) in [6.45, 7) is 7.56. The molecule has 5 amide bonds. The predicted octanol–water partition coefficient (Wildman–Crippen LogP) is 0.673. The van der Waals surface area contributed by atoms with Crippen LogP contribution in [0.5, 0.6) is 0 Å². The van der Waals surface area contributed by atoms with Crippen LogP contribution >= 0.6 is 0 Å². The van der Waals surface area contributed by atoms with Gasteiger partial charge in [-0.15, -0.1) is 0 Å². The summed E-state index contributed by atoms with van der Waals surface area (Å²) in [5, 5.41) is 1.02. The highest BCUT2D eigenvalue weighted by atomic mass is 16.6. The van der Waals surface area contributed by atoms with Crippen molar-refractivity contribution in [1.82, 2.24) is 20.2 Å². The number of amides is 5. The Kier molecular flexibility index (Phi) is 6.82. The summed E-state index contributed by atoms with van der Waals surface area (Å²) in [7, 11) is 4.24. The highest BCUT2D eigenvalue weighted by Crippen LogP contribution is 2.49. The van der Waals surface area contributed by atoms with E-state index in [1.807, 2.05) is 0 Å². The highest BCUT2D eigenvalue weighted by molar-refractivity contribution is 6.29. The maximum atomic E-state index is 13.6. The molecule has 1 N–H and O–H groups in total. The molecule has 2 aliphatic rings. The Bertz CT molecular complexity index is 985. The van der Waals surface area contributed by atoms with Gasteiger partial charge in [0.25, 0.3) is 11.8 Å². The van der Waals surface area contributed by atoms with E-state index >= 15 is 0 Å². The lowest BCUT2D eigenvalue weighted by Crippen LogP contribution is -2.67. The Balaban J connectivity index is 2.94. The van der Waals surface area contributed by atoms with Crippen LogP contribution in [0.15, 0.2) is 22.5 Å². The summed E-state index contributed by atoms with van der Waals surface area (Å²) in [6.07, 6.45) is -0.943. The molecule has 0 aromatic heterocycles. The van der Waals surface area contributed by atoms with Gasteiger partial charge in [-0.3, -0.25) is 24.4 Å². The number of imide groups is 2.